The third kappa shape index (κ3) is 1.39. The molecule has 2 unspecified atom stereocenters. The number of hydrogen-bond acceptors (Lipinski definition) is 2. The van der Waals surface area contributed by atoms with Crippen molar-refractivity contribution < 1.29 is 9.50 Å². The monoisotopic (exact) mass is 221 g/mol. The number of hydrogen-bond donors (Lipinski definition) is 1. The van der Waals surface area contributed by atoms with Crippen LogP contribution in [0.4, 0.5) is 4.39 Å². The zero-order valence-electron chi connectivity index (χ0n) is 9.19. The summed E-state index contributed by atoms with van der Waals surface area (Å²) >= 11 is 0. The Hall–Kier alpha value is -0.930. The predicted molar refractivity (Wildman–Crippen MR) is 59.5 cm³/mol. The third-order valence-corrected chi connectivity index (χ3v) is 4.04. The van der Waals surface area contributed by atoms with Gasteiger partial charge in [0.25, 0.3) is 0 Å². The maximum absolute atomic E-state index is 12.9. The van der Waals surface area contributed by atoms with Gasteiger partial charge in [-0.05, 0) is 43.5 Å². The van der Waals surface area contributed by atoms with E-state index in [4.69, 9.17) is 0 Å². The Morgan fingerprint density at radius 2 is 2.00 bits per heavy atom. The van der Waals surface area contributed by atoms with Crippen molar-refractivity contribution in [1.29, 1.82) is 0 Å². The van der Waals surface area contributed by atoms with E-state index in [0.717, 1.165) is 37.9 Å². The number of rotatable bonds is 1. The van der Waals surface area contributed by atoms with Crippen molar-refractivity contribution in [3.05, 3.63) is 35.6 Å². The predicted octanol–water partition coefficient (Wildman–Crippen LogP) is 1.88. The molecule has 3 heteroatoms. The summed E-state index contributed by atoms with van der Waals surface area (Å²) in [4.78, 5) is 2.35. The van der Waals surface area contributed by atoms with Gasteiger partial charge in [0.2, 0.25) is 0 Å². The van der Waals surface area contributed by atoms with E-state index in [2.05, 4.69) is 4.90 Å². The molecule has 0 amide bonds. The van der Waals surface area contributed by atoms with E-state index >= 15 is 0 Å². The van der Waals surface area contributed by atoms with E-state index < -0.39 is 5.60 Å². The second kappa shape index (κ2) is 3.54. The number of fused-ring (bicyclic) bond motifs is 1. The molecule has 0 saturated carbocycles. The highest BCUT2D eigenvalue weighted by Gasteiger charge is 2.48. The summed E-state index contributed by atoms with van der Waals surface area (Å²) in [6.45, 7) is 2.05. The standard InChI is InChI=1S/C13H16FNO/c14-11-5-3-10(4-6-11)13(16)7-9-15-8-1-2-12(13)15/h3-6,12,16H,1-2,7-9H2. The molecule has 2 aliphatic rings. The van der Waals surface area contributed by atoms with Crippen LogP contribution in [0.5, 0.6) is 0 Å². The molecular weight excluding hydrogens is 205 g/mol. The van der Waals surface area contributed by atoms with Crippen molar-refractivity contribution >= 4 is 0 Å². The van der Waals surface area contributed by atoms with E-state index in [-0.39, 0.29) is 11.9 Å². The smallest absolute Gasteiger partial charge is 0.123 e. The van der Waals surface area contributed by atoms with Crippen molar-refractivity contribution in [2.75, 3.05) is 13.1 Å². The molecule has 0 aliphatic carbocycles. The van der Waals surface area contributed by atoms with E-state index in [1.54, 1.807) is 12.1 Å². The van der Waals surface area contributed by atoms with Gasteiger partial charge in [-0.2, -0.15) is 0 Å². The highest BCUT2D eigenvalue weighted by Crippen LogP contribution is 2.42. The van der Waals surface area contributed by atoms with Gasteiger partial charge in [-0.15, -0.1) is 0 Å². The Labute approximate surface area is 94.7 Å². The number of benzene rings is 1. The molecule has 0 bridgehead atoms. The second-order valence-corrected chi connectivity index (χ2v) is 4.88. The fraction of sp³-hybridized carbons (Fsp3) is 0.538. The number of nitrogens with zero attached hydrogens (tertiary/aromatic N) is 1. The average Bonchev–Trinajstić information content (AvgIpc) is 2.85. The minimum Gasteiger partial charge on any atom is -0.383 e. The summed E-state index contributed by atoms with van der Waals surface area (Å²) in [6.07, 6.45) is 2.98. The molecular formula is C13H16FNO. The quantitative estimate of drug-likeness (QED) is 0.782. The maximum atomic E-state index is 12.9. The zero-order valence-corrected chi connectivity index (χ0v) is 9.19. The fourth-order valence-corrected chi connectivity index (χ4v) is 3.19. The van der Waals surface area contributed by atoms with E-state index in [1.165, 1.54) is 12.1 Å². The van der Waals surface area contributed by atoms with Crippen molar-refractivity contribution in [3.8, 4) is 0 Å². The van der Waals surface area contributed by atoms with Crippen molar-refractivity contribution in [3.63, 3.8) is 0 Å². The lowest BCUT2D eigenvalue weighted by Crippen LogP contribution is -2.38. The highest BCUT2D eigenvalue weighted by atomic mass is 19.1. The van der Waals surface area contributed by atoms with E-state index in [9.17, 15) is 9.50 Å². The second-order valence-electron chi connectivity index (χ2n) is 4.88. The van der Waals surface area contributed by atoms with Crippen LogP contribution in [0.25, 0.3) is 0 Å². The summed E-state index contributed by atoms with van der Waals surface area (Å²) in [5, 5.41) is 10.8. The molecule has 2 nitrogen and oxygen atoms in total. The molecule has 86 valence electrons. The SMILES string of the molecule is OC1(c2ccc(F)cc2)CCN2CCCC21. The van der Waals surface area contributed by atoms with Gasteiger partial charge in [-0.25, -0.2) is 4.39 Å². The molecule has 3 rings (SSSR count). The summed E-state index contributed by atoms with van der Waals surface area (Å²) in [6, 6.07) is 6.54. The lowest BCUT2D eigenvalue weighted by molar-refractivity contribution is 0.00933. The van der Waals surface area contributed by atoms with Gasteiger partial charge in [-0.3, -0.25) is 4.90 Å². The van der Waals surface area contributed by atoms with Crippen LogP contribution >= 0.6 is 0 Å². The summed E-state index contributed by atoms with van der Waals surface area (Å²) in [5.41, 5.74) is 0.104. The number of aliphatic hydroxyl groups is 1. The first kappa shape index (κ1) is 10.2. The van der Waals surface area contributed by atoms with Gasteiger partial charge in [0.15, 0.2) is 0 Å². The first-order valence-electron chi connectivity index (χ1n) is 5.93. The van der Waals surface area contributed by atoms with Crippen LogP contribution in [0.3, 0.4) is 0 Å². The Morgan fingerprint density at radius 3 is 2.75 bits per heavy atom. The normalized spacial score (nSPS) is 34.2. The molecule has 0 aromatic heterocycles. The van der Waals surface area contributed by atoms with Gasteiger partial charge in [0.1, 0.15) is 11.4 Å². The van der Waals surface area contributed by atoms with Crippen LogP contribution in [0.15, 0.2) is 24.3 Å². The fourth-order valence-electron chi connectivity index (χ4n) is 3.19. The van der Waals surface area contributed by atoms with Crippen LogP contribution in [0.1, 0.15) is 24.8 Å². The van der Waals surface area contributed by atoms with Crippen LogP contribution in [-0.4, -0.2) is 29.1 Å². The largest absolute Gasteiger partial charge is 0.383 e. The van der Waals surface area contributed by atoms with Crippen LogP contribution in [-0.2, 0) is 5.60 Å². The Morgan fingerprint density at radius 1 is 1.25 bits per heavy atom. The van der Waals surface area contributed by atoms with Crippen molar-refractivity contribution in [2.45, 2.75) is 30.9 Å². The molecule has 16 heavy (non-hydrogen) atoms. The molecule has 2 aliphatic heterocycles. The van der Waals surface area contributed by atoms with Crippen LogP contribution < -0.4 is 0 Å². The van der Waals surface area contributed by atoms with Gasteiger partial charge >= 0.3 is 0 Å². The first-order valence-corrected chi connectivity index (χ1v) is 5.93. The molecule has 2 heterocycles. The van der Waals surface area contributed by atoms with Crippen molar-refractivity contribution in [2.24, 2.45) is 0 Å². The minimum absolute atomic E-state index is 0.234. The number of halogens is 1. The van der Waals surface area contributed by atoms with Gasteiger partial charge in [0, 0.05) is 12.6 Å². The Bertz CT molecular complexity index is 391. The summed E-state index contributed by atoms with van der Waals surface area (Å²) in [5.74, 6) is -0.242. The van der Waals surface area contributed by atoms with E-state index in [1.807, 2.05) is 0 Å². The Balaban J connectivity index is 1.95. The van der Waals surface area contributed by atoms with Gasteiger partial charge < -0.3 is 5.11 Å². The molecule has 2 saturated heterocycles. The van der Waals surface area contributed by atoms with Crippen LogP contribution in [0, 0.1) is 5.82 Å². The molecule has 1 N–H and O–H groups in total. The average molecular weight is 221 g/mol. The molecule has 1 aromatic carbocycles. The zero-order chi connectivity index (χ0) is 11.2. The molecule has 0 radical (unpaired) electrons. The summed E-state index contributed by atoms with van der Waals surface area (Å²) in [7, 11) is 0. The minimum atomic E-state index is -0.760. The van der Waals surface area contributed by atoms with Crippen LogP contribution in [0.2, 0.25) is 0 Å². The molecule has 1 aromatic rings. The molecule has 2 atom stereocenters. The van der Waals surface area contributed by atoms with Gasteiger partial charge in [0.05, 0.1) is 0 Å². The first-order chi connectivity index (χ1) is 7.70. The van der Waals surface area contributed by atoms with Gasteiger partial charge in [-0.1, -0.05) is 12.1 Å². The molecule has 0 spiro atoms. The lowest BCUT2D eigenvalue weighted by Gasteiger charge is -2.30. The topological polar surface area (TPSA) is 23.5 Å². The maximum Gasteiger partial charge on any atom is 0.123 e. The highest BCUT2D eigenvalue weighted by molar-refractivity contribution is 5.27. The third-order valence-electron chi connectivity index (χ3n) is 4.04. The molecule has 2 fully saturated rings. The summed E-state index contributed by atoms with van der Waals surface area (Å²) < 4.78 is 12.9. The Kier molecular flexibility index (Phi) is 2.26. The lowest BCUT2D eigenvalue weighted by atomic mass is 9.85. The van der Waals surface area contributed by atoms with E-state index in [0.29, 0.717) is 0 Å². The van der Waals surface area contributed by atoms with Crippen molar-refractivity contribution in [1.82, 2.24) is 4.90 Å².